The Morgan fingerprint density at radius 2 is 2.41 bits per heavy atom. The molecule has 1 fully saturated rings. The van der Waals surface area contributed by atoms with Gasteiger partial charge < -0.3 is 4.74 Å². The van der Waals surface area contributed by atoms with Gasteiger partial charge in [0.1, 0.15) is 0 Å². The lowest BCUT2D eigenvalue weighted by Gasteiger charge is -2.12. The van der Waals surface area contributed by atoms with Crippen molar-refractivity contribution < 1.29 is 9.53 Å². The van der Waals surface area contributed by atoms with Crippen molar-refractivity contribution in [2.45, 2.75) is 24.7 Å². The lowest BCUT2D eigenvalue weighted by molar-refractivity contribution is 0.102. The zero-order valence-corrected chi connectivity index (χ0v) is 12.1. The van der Waals surface area contributed by atoms with E-state index < -0.39 is 0 Å². The molecule has 4 heteroatoms. The zero-order valence-electron chi connectivity index (χ0n) is 9.69. The molecule has 1 aliphatic rings. The Kier molecular flexibility index (Phi) is 4.65. The monoisotopic (exact) mass is 314 g/mol. The molecule has 0 amide bonds. The van der Waals surface area contributed by atoms with Crippen molar-refractivity contribution in [3.05, 3.63) is 34.3 Å². The van der Waals surface area contributed by atoms with Crippen molar-refractivity contribution in [3.63, 3.8) is 0 Å². The van der Waals surface area contributed by atoms with Crippen LogP contribution in [0.1, 0.15) is 23.7 Å². The predicted octanol–water partition coefficient (Wildman–Crippen LogP) is 3.54. The molecular formula is C13H15BrO2S. The summed E-state index contributed by atoms with van der Waals surface area (Å²) < 4.78 is 6.43. The van der Waals surface area contributed by atoms with E-state index in [-0.39, 0.29) is 11.9 Å². The Morgan fingerprint density at radius 1 is 1.59 bits per heavy atom. The lowest BCUT2D eigenvalue weighted by Crippen LogP contribution is -2.16. The van der Waals surface area contributed by atoms with Crippen LogP contribution in [0, 0.1) is 0 Å². The van der Waals surface area contributed by atoms with Crippen molar-refractivity contribution in [1.29, 1.82) is 0 Å². The van der Waals surface area contributed by atoms with Crippen LogP contribution in [0.15, 0.2) is 28.7 Å². The van der Waals surface area contributed by atoms with Crippen LogP contribution < -0.4 is 0 Å². The first-order valence-corrected chi connectivity index (χ1v) is 7.53. The minimum atomic E-state index is 0.190. The average Bonchev–Trinajstić information content (AvgIpc) is 2.72. The molecule has 2 rings (SSSR count). The van der Waals surface area contributed by atoms with Gasteiger partial charge in [0.15, 0.2) is 5.78 Å². The fourth-order valence-corrected chi connectivity index (χ4v) is 3.40. The highest BCUT2D eigenvalue weighted by molar-refractivity contribution is 9.10. The molecule has 0 N–H and O–H groups in total. The highest BCUT2D eigenvalue weighted by Crippen LogP contribution is 2.27. The normalized spacial score (nSPS) is 23.9. The number of ketones is 1. The first-order valence-electron chi connectivity index (χ1n) is 5.69. The van der Waals surface area contributed by atoms with E-state index >= 15 is 0 Å². The largest absolute Gasteiger partial charge is 0.377 e. The Hall–Kier alpha value is -0.320. The fourth-order valence-electron chi connectivity index (χ4n) is 1.86. The quantitative estimate of drug-likeness (QED) is 0.795. The van der Waals surface area contributed by atoms with Gasteiger partial charge in [-0.15, -0.1) is 11.8 Å². The Morgan fingerprint density at radius 3 is 3.06 bits per heavy atom. The molecule has 0 spiro atoms. The molecule has 0 radical (unpaired) electrons. The van der Waals surface area contributed by atoms with Crippen LogP contribution in [0.25, 0.3) is 0 Å². The van der Waals surface area contributed by atoms with Crippen LogP contribution in [0.2, 0.25) is 0 Å². The fraction of sp³-hybridized carbons (Fsp3) is 0.462. The van der Waals surface area contributed by atoms with Crippen molar-refractivity contribution in [2.24, 2.45) is 0 Å². The number of ether oxygens (including phenoxy) is 1. The molecule has 1 aromatic rings. The van der Waals surface area contributed by atoms with Crippen LogP contribution in [0.4, 0.5) is 0 Å². The number of carbonyl (C=O) groups is 1. The second-order valence-corrected chi connectivity index (χ2v) is 6.29. The van der Waals surface area contributed by atoms with E-state index in [1.54, 1.807) is 11.8 Å². The lowest BCUT2D eigenvalue weighted by atomic mass is 10.2. The molecule has 2 atom stereocenters. The van der Waals surface area contributed by atoms with E-state index in [1.165, 1.54) is 0 Å². The van der Waals surface area contributed by atoms with E-state index in [0.717, 1.165) is 23.1 Å². The van der Waals surface area contributed by atoms with Gasteiger partial charge in [-0.2, -0.15) is 0 Å². The summed E-state index contributed by atoms with van der Waals surface area (Å²) in [5.74, 6) is 0.727. The van der Waals surface area contributed by atoms with Gasteiger partial charge in [0.05, 0.1) is 11.9 Å². The molecule has 0 aromatic heterocycles. The van der Waals surface area contributed by atoms with Crippen molar-refractivity contribution in [1.82, 2.24) is 0 Å². The zero-order chi connectivity index (χ0) is 12.3. The summed E-state index contributed by atoms with van der Waals surface area (Å²) in [6, 6.07) is 7.56. The predicted molar refractivity (Wildman–Crippen MR) is 74.7 cm³/mol. The summed E-state index contributed by atoms with van der Waals surface area (Å²) in [5, 5.41) is 0.464. The molecule has 2 nitrogen and oxygen atoms in total. The van der Waals surface area contributed by atoms with Crippen molar-refractivity contribution >= 4 is 33.5 Å². The molecule has 1 saturated heterocycles. The van der Waals surface area contributed by atoms with Gasteiger partial charge in [-0.3, -0.25) is 4.79 Å². The minimum absolute atomic E-state index is 0.190. The maximum absolute atomic E-state index is 12.0. The number of halogens is 1. The molecule has 0 saturated carbocycles. The second-order valence-electron chi connectivity index (χ2n) is 4.15. The SMILES string of the molecule is CC1OCCC1SCC(=O)c1cccc(Br)c1. The Balaban J connectivity index is 1.89. The third kappa shape index (κ3) is 3.57. The van der Waals surface area contributed by atoms with Gasteiger partial charge in [0, 0.05) is 21.9 Å². The molecule has 1 heterocycles. The number of Topliss-reactive ketones (excluding diaryl/α,β-unsaturated/α-hetero) is 1. The van der Waals surface area contributed by atoms with Crippen molar-refractivity contribution in [2.75, 3.05) is 12.4 Å². The van der Waals surface area contributed by atoms with Crippen LogP contribution in [0.5, 0.6) is 0 Å². The summed E-state index contributed by atoms with van der Waals surface area (Å²) >= 11 is 5.09. The van der Waals surface area contributed by atoms with Crippen LogP contribution in [-0.4, -0.2) is 29.5 Å². The molecule has 1 aliphatic heterocycles. The van der Waals surface area contributed by atoms with Gasteiger partial charge in [-0.1, -0.05) is 28.1 Å². The number of thioether (sulfide) groups is 1. The molecule has 1 aromatic carbocycles. The van der Waals surface area contributed by atoms with Crippen LogP contribution in [0.3, 0.4) is 0 Å². The van der Waals surface area contributed by atoms with E-state index in [4.69, 9.17) is 4.74 Å². The van der Waals surface area contributed by atoms with E-state index in [0.29, 0.717) is 11.0 Å². The Labute approximate surface area is 114 Å². The summed E-state index contributed by atoms with van der Waals surface area (Å²) in [6.07, 6.45) is 1.33. The smallest absolute Gasteiger partial charge is 0.172 e. The summed E-state index contributed by atoms with van der Waals surface area (Å²) in [7, 11) is 0. The van der Waals surface area contributed by atoms with Crippen LogP contribution >= 0.6 is 27.7 Å². The van der Waals surface area contributed by atoms with Gasteiger partial charge in [0.25, 0.3) is 0 Å². The molecule has 0 bridgehead atoms. The van der Waals surface area contributed by atoms with E-state index in [9.17, 15) is 4.79 Å². The number of hydrogen-bond donors (Lipinski definition) is 0. The third-order valence-corrected chi connectivity index (χ3v) is 4.85. The summed E-state index contributed by atoms with van der Waals surface area (Å²) in [6.45, 7) is 2.90. The number of hydrogen-bond acceptors (Lipinski definition) is 3. The summed E-state index contributed by atoms with van der Waals surface area (Å²) in [4.78, 5) is 12.0. The second kappa shape index (κ2) is 6.03. The van der Waals surface area contributed by atoms with Crippen molar-refractivity contribution in [3.8, 4) is 0 Å². The van der Waals surface area contributed by atoms with Crippen LogP contribution in [-0.2, 0) is 4.74 Å². The van der Waals surface area contributed by atoms with Gasteiger partial charge in [-0.25, -0.2) is 0 Å². The highest BCUT2D eigenvalue weighted by Gasteiger charge is 2.25. The maximum Gasteiger partial charge on any atom is 0.172 e. The van der Waals surface area contributed by atoms with Gasteiger partial charge in [-0.05, 0) is 25.5 Å². The maximum atomic E-state index is 12.0. The van der Waals surface area contributed by atoms with E-state index in [1.807, 2.05) is 24.3 Å². The standard InChI is InChI=1S/C13H15BrO2S/c1-9-13(5-6-16-9)17-8-12(15)10-3-2-4-11(14)7-10/h2-4,7,9,13H,5-6,8H2,1H3. The third-order valence-electron chi connectivity index (χ3n) is 2.88. The topological polar surface area (TPSA) is 26.3 Å². The van der Waals surface area contributed by atoms with E-state index in [2.05, 4.69) is 22.9 Å². The molecule has 92 valence electrons. The number of rotatable bonds is 4. The molecule has 2 unspecified atom stereocenters. The highest BCUT2D eigenvalue weighted by atomic mass is 79.9. The number of benzene rings is 1. The number of carbonyl (C=O) groups excluding carboxylic acids is 1. The molecule has 17 heavy (non-hydrogen) atoms. The first kappa shape index (κ1) is 13.1. The molecule has 0 aliphatic carbocycles. The summed E-state index contributed by atoms with van der Waals surface area (Å²) in [5.41, 5.74) is 0.776. The molecular weight excluding hydrogens is 300 g/mol. The minimum Gasteiger partial charge on any atom is -0.377 e. The van der Waals surface area contributed by atoms with Gasteiger partial charge in [0.2, 0.25) is 0 Å². The van der Waals surface area contributed by atoms with Gasteiger partial charge >= 0.3 is 0 Å². The Bertz CT molecular complexity index is 408. The first-order chi connectivity index (χ1) is 8.16. The average molecular weight is 315 g/mol.